The highest BCUT2D eigenvalue weighted by Crippen LogP contribution is 2.41. The number of hydrogen-bond acceptors (Lipinski definition) is 4. The third kappa shape index (κ3) is 5.11. The summed E-state index contributed by atoms with van der Waals surface area (Å²) in [6, 6.07) is 4.33. The van der Waals surface area contributed by atoms with E-state index in [0.29, 0.717) is 11.3 Å². The molecule has 0 fully saturated rings. The second kappa shape index (κ2) is 8.30. The third-order valence-electron chi connectivity index (χ3n) is 6.63. The van der Waals surface area contributed by atoms with Gasteiger partial charge >= 0.3 is 5.97 Å². The van der Waals surface area contributed by atoms with Crippen molar-refractivity contribution in [3.8, 4) is 5.75 Å². The van der Waals surface area contributed by atoms with E-state index in [1.54, 1.807) is 32.9 Å². The van der Waals surface area contributed by atoms with Crippen LogP contribution in [0.1, 0.15) is 63.9 Å². The van der Waals surface area contributed by atoms with Crippen molar-refractivity contribution in [3.63, 3.8) is 0 Å². The van der Waals surface area contributed by atoms with Crippen LogP contribution in [0, 0.1) is 11.3 Å². The first-order chi connectivity index (χ1) is 14.0. The number of carboxylic acids is 1. The zero-order valence-corrected chi connectivity index (χ0v) is 20.9. The van der Waals surface area contributed by atoms with E-state index in [2.05, 4.69) is 33.9 Å². The molecule has 0 spiro atoms. The standard InChI is InChI=1S/C23H36N2O5Si/c1-22(2,3)16(21(28)29)12-17(19(24)26)25-13-15-14(20(25)27)10-9-11-18(15)30-31(7,8)23(4,5)6/h9-11,16-17H,12-13H2,1-8H3,(H2,24,26)(H,28,29). The second-order valence-electron chi connectivity index (χ2n) is 11.0. The SMILES string of the molecule is CC(C)(C)C(CC(C(N)=O)N1Cc2c(O[Si](C)(C)C(C)(C)C)cccc2C1=O)C(=O)O. The molecule has 1 aliphatic rings. The molecule has 1 aliphatic heterocycles. The molecule has 2 atom stereocenters. The Balaban J connectivity index is 2.40. The van der Waals surface area contributed by atoms with Gasteiger partial charge in [0, 0.05) is 11.1 Å². The number of carbonyl (C=O) groups excluding carboxylic acids is 2. The van der Waals surface area contributed by atoms with Crippen LogP contribution in [-0.4, -0.2) is 42.1 Å². The molecule has 7 nitrogen and oxygen atoms in total. The summed E-state index contributed by atoms with van der Waals surface area (Å²) < 4.78 is 6.47. The summed E-state index contributed by atoms with van der Waals surface area (Å²) in [6.45, 7) is 16.3. The number of nitrogens with zero attached hydrogens (tertiary/aromatic N) is 1. The minimum Gasteiger partial charge on any atom is -0.543 e. The lowest BCUT2D eigenvalue weighted by Crippen LogP contribution is -2.48. The van der Waals surface area contributed by atoms with Gasteiger partial charge in [0.1, 0.15) is 11.8 Å². The minimum absolute atomic E-state index is 0.0186. The Labute approximate surface area is 186 Å². The fourth-order valence-corrected chi connectivity index (χ4v) is 4.59. The summed E-state index contributed by atoms with van der Waals surface area (Å²) in [5.74, 6) is -2.22. The van der Waals surface area contributed by atoms with E-state index in [1.807, 2.05) is 6.07 Å². The Bertz CT molecular complexity index is 883. The molecule has 0 aromatic heterocycles. The maximum Gasteiger partial charge on any atom is 0.307 e. The average molecular weight is 449 g/mol. The van der Waals surface area contributed by atoms with E-state index in [-0.39, 0.29) is 23.9 Å². The third-order valence-corrected chi connectivity index (χ3v) is 11.0. The molecule has 0 bridgehead atoms. The second-order valence-corrected chi connectivity index (χ2v) is 15.7. The molecule has 1 aromatic carbocycles. The molecule has 172 valence electrons. The Kier molecular flexibility index (Phi) is 6.67. The van der Waals surface area contributed by atoms with Crippen LogP contribution in [-0.2, 0) is 16.1 Å². The zero-order chi connectivity index (χ0) is 23.9. The van der Waals surface area contributed by atoms with Crippen molar-refractivity contribution in [2.45, 2.75) is 78.7 Å². The van der Waals surface area contributed by atoms with Crippen molar-refractivity contribution < 1.29 is 23.9 Å². The van der Waals surface area contributed by atoms with Crippen molar-refractivity contribution in [2.24, 2.45) is 17.1 Å². The largest absolute Gasteiger partial charge is 0.543 e. The average Bonchev–Trinajstić information content (AvgIpc) is 2.90. The number of carbonyl (C=O) groups is 3. The lowest BCUT2D eigenvalue weighted by molar-refractivity contribution is -0.146. The van der Waals surface area contributed by atoms with Gasteiger partial charge in [-0.2, -0.15) is 0 Å². The van der Waals surface area contributed by atoms with Crippen LogP contribution >= 0.6 is 0 Å². The van der Waals surface area contributed by atoms with Crippen molar-refractivity contribution in [3.05, 3.63) is 29.3 Å². The molecule has 3 N–H and O–H groups in total. The van der Waals surface area contributed by atoms with Gasteiger partial charge in [-0.25, -0.2) is 0 Å². The Morgan fingerprint density at radius 1 is 1.19 bits per heavy atom. The predicted molar refractivity (Wildman–Crippen MR) is 122 cm³/mol. The summed E-state index contributed by atoms with van der Waals surface area (Å²) in [7, 11) is -2.15. The fraction of sp³-hybridized carbons (Fsp3) is 0.609. The predicted octanol–water partition coefficient (Wildman–Crippen LogP) is 4.02. The molecule has 1 heterocycles. The van der Waals surface area contributed by atoms with Gasteiger partial charge in [-0.1, -0.05) is 47.6 Å². The monoisotopic (exact) mass is 448 g/mol. The van der Waals surface area contributed by atoms with Gasteiger partial charge in [-0.05, 0) is 42.1 Å². The Morgan fingerprint density at radius 3 is 2.23 bits per heavy atom. The lowest BCUT2D eigenvalue weighted by atomic mass is 9.77. The summed E-state index contributed by atoms with van der Waals surface area (Å²) in [5, 5.41) is 9.68. The van der Waals surface area contributed by atoms with Gasteiger partial charge in [0.15, 0.2) is 0 Å². The van der Waals surface area contributed by atoms with Gasteiger partial charge in [0.25, 0.3) is 5.91 Å². The van der Waals surface area contributed by atoms with Crippen LogP contribution in [0.4, 0.5) is 0 Å². The summed E-state index contributed by atoms with van der Waals surface area (Å²) in [4.78, 5) is 38.8. The first-order valence-electron chi connectivity index (χ1n) is 10.6. The molecule has 8 heteroatoms. The number of carboxylic acid groups (broad SMARTS) is 1. The number of hydrogen-bond donors (Lipinski definition) is 2. The van der Waals surface area contributed by atoms with Crippen LogP contribution in [0.5, 0.6) is 5.75 Å². The van der Waals surface area contributed by atoms with Crippen LogP contribution in [0.25, 0.3) is 0 Å². The smallest absolute Gasteiger partial charge is 0.307 e. The number of benzene rings is 1. The van der Waals surface area contributed by atoms with Gasteiger partial charge < -0.3 is 20.2 Å². The van der Waals surface area contributed by atoms with Crippen LogP contribution < -0.4 is 10.2 Å². The number of primary amides is 1. The van der Waals surface area contributed by atoms with Gasteiger partial charge in [0.2, 0.25) is 14.2 Å². The Hall–Kier alpha value is -2.35. The number of fused-ring (bicyclic) bond motifs is 1. The van der Waals surface area contributed by atoms with Crippen LogP contribution in [0.15, 0.2) is 18.2 Å². The van der Waals surface area contributed by atoms with Crippen molar-refractivity contribution in [2.75, 3.05) is 0 Å². The highest BCUT2D eigenvalue weighted by molar-refractivity contribution is 6.74. The molecule has 0 aliphatic carbocycles. The number of rotatable bonds is 7. The topological polar surface area (TPSA) is 110 Å². The molecule has 0 radical (unpaired) electrons. The van der Waals surface area contributed by atoms with E-state index in [9.17, 15) is 19.5 Å². The molecule has 1 aromatic rings. The lowest BCUT2D eigenvalue weighted by Gasteiger charge is -2.37. The fourth-order valence-electron chi connectivity index (χ4n) is 3.55. The molecule has 0 saturated heterocycles. The highest BCUT2D eigenvalue weighted by atomic mass is 28.4. The molecule has 2 unspecified atom stereocenters. The minimum atomic E-state index is -2.15. The normalized spacial score (nSPS) is 16.6. The molecule has 31 heavy (non-hydrogen) atoms. The van der Waals surface area contributed by atoms with Gasteiger partial charge in [-0.15, -0.1) is 0 Å². The van der Waals surface area contributed by atoms with Crippen LogP contribution in [0.3, 0.4) is 0 Å². The molecule has 0 saturated carbocycles. The number of amides is 2. The van der Waals surface area contributed by atoms with Crippen molar-refractivity contribution >= 4 is 26.1 Å². The molecular weight excluding hydrogens is 412 g/mol. The van der Waals surface area contributed by atoms with E-state index >= 15 is 0 Å². The van der Waals surface area contributed by atoms with E-state index in [0.717, 1.165) is 5.56 Å². The summed E-state index contributed by atoms with van der Waals surface area (Å²) in [6.07, 6.45) is -0.0354. The molecule has 2 amide bonds. The summed E-state index contributed by atoms with van der Waals surface area (Å²) >= 11 is 0. The molecular formula is C23H36N2O5Si. The van der Waals surface area contributed by atoms with Gasteiger partial charge in [0.05, 0.1) is 12.5 Å². The zero-order valence-electron chi connectivity index (χ0n) is 19.9. The van der Waals surface area contributed by atoms with Crippen LogP contribution in [0.2, 0.25) is 18.1 Å². The summed E-state index contributed by atoms with van der Waals surface area (Å²) in [5.41, 5.74) is 6.27. The number of aliphatic carboxylic acids is 1. The van der Waals surface area contributed by atoms with E-state index < -0.39 is 37.6 Å². The first-order valence-corrected chi connectivity index (χ1v) is 13.5. The molecule has 2 rings (SSSR count). The van der Waals surface area contributed by atoms with Crippen molar-refractivity contribution in [1.82, 2.24) is 4.90 Å². The van der Waals surface area contributed by atoms with E-state index in [4.69, 9.17) is 10.2 Å². The van der Waals surface area contributed by atoms with E-state index in [1.165, 1.54) is 4.90 Å². The Morgan fingerprint density at radius 2 is 1.77 bits per heavy atom. The first kappa shape index (κ1) is 24.9. The maximum atomic E-state index is 13.2. The highest BCUT2D eigenvalue weighted by Gasteiger charge is 2.44. The van der Waals surface area contributed by atoms with Crippen molar-refractivity contribution in [1.29, 1.82) is 0 Å². The quantitative estimate of drug-likeness (QED) is 0.612. The van der Waals surface area contributed by atoms with Gasteiger partial charge in [-0.3, -0.25) is 14.4 Å². The number of nitrogens with two attached hydrogens (primary N) is 1. The maximum absolute atomic E-state index is 13.2.